The minimum atomic E-state index is 0.0839. The number of fused-ring (bicyclic) bond motifs is 1. The largest absolute Gasteiger partial charge is 0.484 e. The smallest absolute Gasteiger partial charge is 0.260 e. The third kappa shape index (κ3) is 3.69. The summed E-state index contributed by atoms with van der Waals surface area (Å²) in [6.07, 6.45) is 3.37. The van der Waals surface area contributed by atoms with Crippen LogP contribution in [0.25, 0.3) is 10.8 Å². The number of carbonyl (C=O) groups excluding carboxylic acids is 1. The van der Waals surface area contributed by atoms with Crippen LogP contribution in [0.5, 0.6) is 5.75 Å². The molecule has 0 N–H and O–H groups in total. The number of likely N-dealkylation sites (tertiary alicyclic amines) is 1. The number of ether oxygens (including phenoxy) is 1. The van der Waals surface area contributed by atoms with E-state index in [9.17, 15) is 4.79 Å². The van der Waals surface area contributed by atoms with Gasteiger partial charge < -0.3 is 9.64 Å². The van der Waals surface area contributed by atoms with Crippen LogP contribution in [-0.2, 0) is 4.79 Å². The van der Waals surface area contributed by atoms with Crippen molar-refractivity contribution in [1.82, 2.24) is 4.90 Å². The molecule has 2 aromatic carbocycles. The number of amides is 1. The SMILES string of the molecule is C[C@@H]1CCC[C@H](C)N1C(=O)COc1ccc2cc(Br)ccc2c1. The number of piperidine rings is 1. The molecule has 1 aliphatic heterocycles. The monoisotopic (exact) mass is 375 g/mol. The second-order valence-electron chi connectivity index (χ2n) is 6.37. The average Bonchev–Trinajstić information content (AvgIpc) is 2.52. The second-order valence-corrected chi connectivity index (χ2v) is 7.29. The summed E-state index contributed by atoms with van der Waals surface area (Å²) >= 11 is 3.47. The van der Waals surface area contributed by atoms with E-state index in [4.69, 9.17) is 4.74 Å². The average molecular weight is 376 g/mol. The quantitative estimate of drug-likeness (QED) is 0.772. The maximum absolute atomic E-state index is 12.5. The van der Waals surface area contributed by atoms with E-state index in [0.717, 1.165) is 33.8 Å². The first kappa shape index (κ1) is 16.3. The summed E-state index contributed by atoms with van der Waals surface area (Å²) in [6, 6.07) is 12.7. The Balaban J connectivity index is 1.67. The van der Waals surface area contributed by atoms with Crippen molar-refractivity contribution in [3.8, 4) is 5.75 Å². The highest BCUT2D eigenvalue weighted by Crippen LogP contribution is 2.25. The first-order valence-corrected chi connectivity index (χ1v) is 8.97. The predicted molar refractivity (Wildman–Crippen MR) is 96.8 cm³/mol. The van der Waals surface area contributed by atoms with Gasteiger partial charge in [0.2, 0.25) is 0 Å². The molecular weight excluding hydrogens is 354 g/mol. The van der Waals surface area contributed by atoms with Gasteiger partial charge in [0.15, 0.2) is 6.61 Å². The molecule has 0 spiro atoms. The van der Waals surface area contributed by atoms with Gasteiger partial charge in [-0.05, 0) is 68.1 Å². The lowest BCUT2D eigenvalue weighted by Gasteiger charge is -2.38. The highest BCUT2D eigenvalue weighted by atomic mass is 79.9. The lowest BCUT2D eigenvalue weighted by molar-refractivity contribution is -0.139. The molecule has 0 saturated carbocycles. The summed E-state index contributed by atoms with van der Waals surface area (Å²) in [5, 5.41) is 2.26. The van der Waals surface area contributed by atoms with Crippen LogP contribution in [0.3, 0.4) is 0 Å². The fourth-order valence-electron chi connectivity index (χ4n) is 3.42. The number of rotatable bonds is 3. The Hall–Kier alpha value is -1.55. The third-order valence-electron chi connectivity index (χ3n) is 4.62. The summed E-state index contributed by atoms with van der Waals surface area (Å²) in [7, 11) is 0. The standard InChI is InChI=1S/C19H22BrNO2/c1-13-4-3-5-14(2)21(13)19(22)12-23-18-9-7-15-10-17(20)8-6-16(15)11-18/h6-11,13-14H,3-5,12H2,1-2H3/t13-,14+. The van der Waals surface area contributed by atoms with Gasteiger partial charge >= 0.3 is 0 Å². The molecule has 0 bridgehead atoms. The van der Waals surface area contributed by atoms with Gasteiger partial charge in [-0.15, -0.1) is 0 Å². The van der Waals surface area contributed by atoms with Crippen molar-refractivity contribution in [3.63, 3.8) is 0 Å². The van der Waals surface area contributed by atoms with E-state index in [-0.39, 0.29) is 12.5 Å². The van der Waals surface area contributed by atoms with Gasteiger partial charge in [0.1, 0.15) is 5.75 Å². The van der Waals surface area contributed by atoms with Crippen LogP contribution in [-0.4, -0.2) is 29.5 Å². The van der Waals surface area contributed by atoms with Crippen molar-refractivity contribution in [2.45, 2.75) is 45.2 Å². The molecular formula is C19H22BrNO2. The highest BCUT2D eigenvalue weighted by molar-refractivity contribution is 9.10. The highest BCUT2D eigenvalue weighted by Gasteiger charge is 2.28. The Morgan fingerprint density at radius 1 is 1.13 bits per heavy atom. The number of halogens is 1. The predicted octanol–water partition coefficient (Wildman–Crippen LogP) is 4.77. The number of hydrogen-bond donors (Lipinski definition) is 0. The van der Waals surface area contributed by atoms with E-state index in [1.807, 2.05) is 35.2 Å². The maximum Gasteiger partial charge on any atom is 0.260 e. The Bertz CT molecular complexity index is 706. The Kier molecular flexibility index (Phi) is 4.90. The van der Waals surface area contributed by atoms with E-state index >= 15 is 0 Å². The zero-order valence-electron chi connectivity index (χ0n) is 13.6. The van der Waals surface area contributed by atoms with E-state index in [0.29, 0.717) is 12.1 Å². The lowest BCUT2D eigenvalue weighted by atomic mass is 9.97. The molecule has 2 aromatic rings. The number of benzene rings is 2. The second kappa shape index (κ2) is 6.91. The molecule has 0 aromatic heterocycles. The van der Waals surface area contributed by atoms with Gasteiger partial charge in [0.25, 0.3) is 5.91 Å². The van der Waals surface area contributed by atoms with Gasteiger partial charge in [-0.2, -0.15) is 0 Å². The Morgan fingerprint density at radius 3 is 2.52 bits per heavy atom. The van der Waals surface area contributed by atoms with E-state index < -0.39 is 0 Å². The molecule has 1 saturated heterocycles. The molecule has 0 unspecified atom stereocenters. The topological polar surface area (TPSA) is 29.5 Å². The summed E-state index contributed by atoms with van der Waals surface area (Å²) in [6.45, 7) is 4.36. The van der Waals surface area contributed by atoms with Crippen molar-refractivity contribution in [2.75, 3.05) is 6.61 Å². The van der Waals surface area contributed by atoms with E-state index in [2.05, 4.69) is 35.8 Å². The summed E-state index contributed by atoms with van der Waals surface area (Å²) in [5.74, 6) is 0.825. The molecule has 0 radical (unpaired) electrons. The summed E-state index contributed by atoms with van der Waals surface area (Å²) < 4.78 is 6.81. The van der Waals surface area contributed by atoms with Gasteiger partial charge in [0.05, 0.1) is 0 Å². The van der Waals surface area contributed by atoms with Gasteiger partial charge in [0, 0.05) is 16.6 Å². The lowest BCUT2D eigenvalue weighted by Crippen LogP contribution is -2.49. The summed E-state index contributed by atoms with van der Waals surface area (Å²) in [5.41, 5.74) is 0. The zero-order chi connectivity index (χ0) is 16.4. The van der Waals surface area contributed by atoms with Crippen LogP contribution in [0, 0.1) is 0 Å². The molecule has 2 atom stereocenters. The van der Waals surface area contributed by atoms with Crippen molar-refractivity contribution in [2.24, 2.45) is 0 Å². The molecule has 1 fully saturated rings. The van der Waals surface area contributed by atoms with Gasteiger partial charge in [-0.3, -0.25) is 4.79 Å². The number of nitrogens with zero attached hydrogens (tertiary/aromatic N) is 1. The molecule has 3 nitrogen and oxygen atoms in total. The molecule has 4 heteroatoms. The molecule has 1 amide bonds. The molecule has 23 heavy (non-hydrogen) atoms. The van der Waals surface area contributed by atoms with E-state index in [1.54, 1.807) is 0 Å². The number of hydrogen-bond acceptors (Lipinski definition) is 2. The summed E-state index contributed by atoms with van der Waals surface area (Å²) in [4.78, 5) is 14.5. The van der Waals surface area contributed by atoms with Crippen LogP contribution in [0.2, 0.25) is 0 Å². The molecule has 0 aliphatic carbocycles. The van der Waals surface area contributed by atoms with Gasteiger partial charge in [-0.25, -0.2) is 0 Å². The van der Waals surface area contributed by atoms with Gasteiger partial charge in [-0.1, -0.05) is 28.1 Å². The Labute approximate surface area is 145 Å². The maximum atomic E-state index is 12.5. The van der Waals surface area contributed by atoms with Crippen molar-refractivity contribution in [3.05, 3.63) is 40.9 Å². The fraction of sp³-hybridized carbons (Fsp3) is 0.421. The fourth-order valence-corrected chi connectivity index (χ4v) is 3.80. The molecule has 1 aliphatic rings. The first-order valence-electron chi connectivity index (χ1n) is 8.18. The number of carbonyl (C=O) groups is 1. The van der Waals surface area contributed by atoms with Crippen molar-refractivity contribution in [1.29, 1.82) is 0 Å². The van der Waals surface area contributed by atoms with Crippen LogP contribution in [0.1, 0.15) is 33.1 Å². The first-order chi connectivity index (χ1) is 11.0. The third-order valence-corrected chi connectivity index (χ3v) is 5.11. The molecule has 122 valence electrons. The van der Waals surface area contributed by atoms with Crippen LogP contribution in [0.4, 0.5) is 0 Å². The molecule has 1 heterocycles. The van der Waals surface area contributed by atoms with Crippen LogP contribution >= 0.6 is 15.9 Å². The van der Waals surface area contributed by atoms with Crippen LogP contribution < -0.4 is 4.74 Å². The van der Waals surface area contributed by atoms with Crippen LogP contribution in [0.15, 0.2) is 40.9 Å². The molecule has 3 rings (SSSR count). The Morgan fingerprint density at radius 2 is 1.78 bits per heavy atom. The van der Waals surface area contributed by atoms with E-state index in [1.165, 1.54) is 6.42 Å². The minimum Gasteiger partial charge on any atom is -0.484 e. The van der Waals surface area contributed by atoms with Crippen molar-refractivity contribution >= 4 is 32.6 Å². The minimum absolute atomic E-state index is 0.0839. The normalized spacial score (nSPS) is 21.4. The zero-order valence-corrected chi connectivity index (χ0v) is 15.2. The van der Waals surface area contributed by atoms with Crippen molar-refractivity contribution < 1.29 is 9.53 Å².